The van der Waals surface area contributed by atoms with E-state index in [1.54, 1.807) is 0 Å². The van der Waals surface area contributed by atoms with Gasteiger partial charge >= 0.3 is 0 Å². The van der Waals surface area contributed by atoms with Crippen molar-refractivity contribution in [2.24, 2.45) is 0 Å². The highest BCUT2D eigenvalue weighted by molar-refractivity contribution is 9.09. The van der Waals surface area contributed by atoms with Gasteiger partial charge in [0.2, 0.25) is 0 Å². The first-order valence-corrected chi connectivity index (χ1v) is 6.60. The van der Waals surface area contributed by atoms with Gasteiger partial charge in [0.15, 0.2) is 5.75 Å². The van der Waals surface area contributed by atoms with Gasteiger partial charge in [-0.1, -0.05) is 29.3 Å². The molecule has 1 aromatic rings. The molecule has 0 unspecified atom stereocenters. The Labute approximate surface area is 103 Å². The van der Waals surface area contributed by atoms with E-state index < -0.39 is 10.9 Å². The molecule has 0 aliphatic rings. The summed E-state index contributed by atoms with van der Waals surface area (Å²) in [4.78, 5) is 22.5. The third-order valence-corrected chi connectivity index (χ3v) is 2.78. The second-order valence-electron chi connectivity index (χ2n) is 3.53. The van der Waals surface area contributed by atoms with Crippen LogP contribution in [0.2, 0.25) is 0 Å². The molecule has 4 nitrogen and oxygen atoms in total. The Hall–Kier alpha value is -0.840. The lowest BCUT2D eigenvalue weighted by atomic mass is 10.2. The van der Waals surface area contributed by atoms with E-state index in [4.69, 9.17) is 4.74 Å². The van der Waals surface area contributed by atoms with Gasteiger partial charge in [0.25, 0.3) is 10.9 Å². The molecule has 1 aromatic carbocycles. The number of unbranched alkanes of at least 4 members (excludes halogenated alkanes) is 1. The predicted molar refractivity (Wildman–Crippen MR) is 68.7 cm³/mol. The molecule has 0 amide bonds. The van der Waals surface area contributed by atoms with Gasteiger partial charge in [-0.25, -0.2) is 0 Å². The Morgan fingerprint density at radius 3 is 2.62 bits per heavy atom. The minimum atomic E-state index is -0.502. The quantitative estimate of drug-likeness (QED) is 0.449. The highest BCUT2D eigenvalue weighted by Crippen LogP contribution is 2.17. The van der Waals surface area contributed by atoms with Gasteiger partial charge in [0, 0.05) is 11.9 Å². The third-order valence-electron chi connectivity index (χ3n) is 2.22. The van der Waals surface area contributed by atoms with Crippen molar-refractivity contribution in [1.29, 1.82) is 0 Å². The zero-order valence-electron chi connectivity index (χ0n) is 9.35. The summed E-state index contributed by atoms with van der Waals surface area (Å²) in [7, 11) is 0. The largest absolute Gasteiger partial charge is 0.487 e. The van der Waals surface area contributed by atoms with E-state index in [1.807, 2.05) is 6.92 Å². The number of rotatable bonds is 8. The van der Waals surface area contributed by atoms with Crippen molar-refractivity contribution >= 4 is 21.6 Å². The van der Waals surface area contributed by atoms with Crippen LogP contribution in [0.1, 0.15) is 26.2 Å². The van der Waals surface area contributed by atoms with E-state index in [2.05, 4.69) is 21.2 Å². The number of hydrogen-bond acceptors (Lipinski definition) is 4. The molecule has 0 aromatic heterocycles. The Kier molecular flexibility index (Phi) is 5.52. The van der Waals surface area contributed by atoms with Gasteiger partial charge in [0.05, 0.1) is 6.61 Å². The van der Waals surface area contributed by atoms with Crippen molar-refractivity contribution < 1.29 is 4.74 Å². The molecule has 0 radical (unpaired) electrons. The summed E-state index contributed by atoms with van der Waals surface area (Å²) < 4.78 is 5.28. The monoisotopic (exact) mass is 289 g/mol. The van der Waals surface area contributed by atoms with Gasteiger partial charge in [-0.05, 0) is 12.8 Å². The normalized spacial score (nSPS) is 10.6. The first-order valence-electron chi connectivity index (χ1n) is 5.48. The summed E-state index contributed by atoms with van der Waals surface area (Å²) in [5.41, 5.74) is -0.611. The number of halogens is 1. The first-order chi connectivity index (χ1) is 7.72. The molecule has 0 saturated carbocycles. The van der Waals surface area contributed by atoms with Gasteiger partial charge in [-0.2, -0.15) is 0 Å². The zero-order chi connectivity index (χ0) is 12.0. The fourth-order valence-electron chi connectivity index (χ4n) is 1.27. The van der Waals surface area contributed by atoms with E-state index >= 15 is 0 Å². The van der Waals surface area contributed by atoms with Crippen LogP contribution in [0, 0.1) is 0 Å². The topological polar surface area (TPSA) is 55.4 Å². The van der Waals surface area contributed by atoms with Crippen LogP contribution >= 0.6 is 15.9 Å². The van der Waals surface area contributed by atoms with E-state index in [-0.39, 0.29) is 5.75 Å². The van der Waals surface area contributed by atoms with Gasteiger partial charge in [-0.15, -0.1) is 0 Å². The molecule has 0 bridgehead atoms. The Morgan fingerprint density at radius 1 is 1.25 bits per heavy atom. The second kappa shape index (κ2) is 6.68. The molecule has 0 aliphatic heterocycles. The lowest BCUT2D eigenvalue weighted by Gasteiger charge is -2.13. The molecule has 0 fully saturated rings. The van der Waals surface area contributed by atoms with Crippen molar-refractivity contribution in [2.75, 3.05) is 23.8 Å². The third kappa shape index (κ3) is 3.07. The smallest absolute Gasteiger partial charge is 0.272 e. The van der Waals surface area contributed by atoms with E-state index in [1.165, 1.54) is 0 Å². The van der Waals surface area contributed by atoms with Crippen LogP contribution in [0.25, 0.3) is 0 Å². The van der Waals surface area contributed by atoms with Gasteiger partial charge < -0.3 is 10.1 Å². The summed E-state index contributed by atoms with van der Waals surface area (Å²) >= 11 is 3.29. The molecular weight excluding hydrogens is 274 g/mol. The maximum atomic E-state index is 11.2. The minimum absolute atomic E-state index is 0.216. The Balaban J connectivity index is 2.52. The molecule has 0 heterocycles. The van der Waals surface area contributed by atoms with E-state index in [0.29, 0.717) is 18.8 Å². The van der Waals surface area contributed by atoms with Crippen LogP contribution < -0.4 is 20.9 Å². The molecule has 16 heavy (non-hydrogen) atoms. The highest BCUT2D eigenvalue weighted by Gasteiger charge is 2.21. The highest BCUT2D eigenvalue weighted by atomic mass is 79.9. The number of ether oxygens (including phenoxy) is 1. The first kappa shape index (κ1) is 13.2. The average molecular weight is 290 g/mol. The number of hydrogen-bond donors (Lipinski definition) is 1. The molecular formula is C11H16BrNO3. The molecule has 0 saturated heterocycles. The van der Waals surface area contributed by atoms with Crippen molar-refractivity contribution in [1.82, 2.24) is 0 Å². The maximum absolute atomic E-state index is 11.2. The van der Waals surface area contributed by atoms with Crippen LogP contribution in [-0.2, 0) is 0 Å². The van der Waals surface area contributed by atoms with Crippen molar-refractivity contribution in [3.05, 3.63) is 20.4 Å². The lowest BCUT2D eigenvalue weighted by molar-refractivity contribution is 0.304. The van der Waals surface area contributed by atoms with E-state index in [0.717, 1.165) is 24.6 Å². The van der Waals surface area contributed by atoms with Crippen molar-refractivity contribution in [3.63, 3.8) is 0 Å². The van der Waals surface area contributed by atoms with E-state index in [9.17, 15) is 9.59 Å². The van der Waals surface area contributed by atoms with Crippen LogP contribution in [-0.4, -0.2) is 18.5 Å². The standard InChI is InChI=1S/C11H16BrNO3/c1-2-3-7-16-11-8(9(14)10(11)15)13-6-4-5-12/h13H,2-7H2,1H3. The Morgan fingerprint density at radius 2 is 2.00 bits per heavy atom. The summed E-state index contributed by atoms with van der Waals surface area (Å²) in [5.74, 6) is 0.216. The summed E-state index contributed by atoms with van der Waals surface area (Å²) in [6.45, 7) is 3.20. The molecule has 0 atom stereocenters. The lowest BCUT2D eigenvalue weighted by Crippen LogP contribution is -2.36. The van der Waals surface area contributed by atoms with Crippen LogP contribution in [0.5, 0.6) is 5.75 Å². The van der Waals surface area contributed by atoms with Crippen molar-refractivity contribution in [2.45, 2.75) is 26.2 Å². The molecule has 1 N–H and O–H groups in total. The van der Waals surface area contributed by atoms with Crippen LogP contribution in [0.15, 0.2) is 9.59 Å². The molecule has 0 aliphatic carbocycles. The molecule has 1 rings (SSSR count). The summed E-state index contributed by atoms with van der Waals surface area (Å²) in [5, 5.41) is 3.79. The minimum Gasteiger partial charge on any atom is -0.487 e. The fraction of sp³-hybridized carbons (Fsp3) is 0.636. The molecule has 90 valence electrons. The fourth-order valence-corrected chi connectivity index (χ4v) is 1.55. The zero-order valence-corrected chi connectivity index (χ0v) is 10.9. The van der Waals surface area contributed by atoms with Gasteiger partial charge in [0.1, 0.15) is 5.69 Å². The summed E-state index contributed by atoms with van der Waals surface area (Å²) in [6, 6.07) is 0. The van der Waals surface area contributed by atoms with Crippen molar-refractivity contribution in [3.8, 4) is 5.75 Å². The average Bonchev–Trinajstić information content (AvgIpc) is 2.31. The Bertz CT molecular complexity index is 358. The SMILES string of the molecule is CCCCOc1c(NCCCBr)c(=O)c1=O. The molecule has 5 heteroatoms. The predicted octanol–water partition coefficient (Wildman–Crippen LogP) is 1.66. The second-order valence-corrected chi connectivity index (χ2v) is 4.33. The number of alkyl halides is 1. The summed E-state index contributed by atoms with van der Waals surface area (Å²) in [6.07, 6.45) is 2.79. The van der Waals surface area contributed by atoms with Gasteiger partial charge in [-0.3, -0.25) is 9.59 Å². The molecule has 0 spiro atoms. The number of anilines is 1. The number of nitrogens with one attached hydrogen (secondary N) is 1. The van der Waals surface area contributed by atoms with Crippen LogP contribution in [0.4, 0.5) is 5.69 Å². The maximum Gasteiger partial charge on any atom is 0.272 e. The van der Waals surface area contributed by atoms with Crippen LogP contribution in [0.3, 0.4) is 0 Å².